The number of nitrogens with two attached hydrogens (primary N) is 1. The van der Waals surface area contributed by atoms with Gasteiger partial charge in [0, 0.05) is 30.0 Å². The average molecular weight is 543 g/mol. The molecule has 198 valence electrons. The van der Waals surface area contributed by atoms with Crippen molar-refractivity contribution in [3.63, 3.8) is 0 Å². The maximum atomic E-state index is 14.2. The van der Waals surface area contributed by atoms with Crippen molar-refractivity contribution < 1.29 is 31.5 Å². The number of aromatic nitrogens is 2. The molecular formula is C23H23F5N6O2S. The minimum atomic E-state index is -5.94. The second kappa shape index (κ2) is 11.1. The van der Waals surface area contributed by atoms with Gasteiger partial charge in [-0.15, -0.1) is 11.3 Å². The third kappa shape index (κ3) is 6.70. The molecule has 37 heavy (non-hydrogen) atoms. The first-order chi connectivity index (χ1) is 17.3. The number of carbonyl (C=O) groups is 2. The van der Waals surface area contributed by atoms with Crippen molar-refractivity contribution in [2.75, 3.05) is 11.1 Å². The van der Waals surface area contributed by atoms with Crippen LogP contribution in [-0.2, 0) is 12.5 Å². The zero-order valence-corrected chi connectivity index (χ0v) is 20.4. The number of carbonyl (C=O) groups excluding carboxylic acids is 2. The summed E-state index contributed by atoms with van der Waals surface area (Å²) in [5.41, 5.74) is 5.07. The minimum absolute atomic E-state index is 0.175. The molecule has 3 rings (SSSR count). The summed E-state index contributed by atoms with van der Waals surface area (Å²) in [5.74, 6) is -6.06. The Morgan fingerprint density at radius 3 is 2.32 bits per heavy atom. The van der Waals surface area contributed by atoms with Crippen LogP contribution in [0.15, 0.2) is 42.6 Å². The Labute approximate surface area is 212 Å². The number of thiazole rings is 1. The molecule has 0 radical (unpaired) electrons. The molecule has 0 aliphatic heterocycles. The van der Waals surface area contributed by atoms with Crippen LogP contribution in [-0.4, -0.2) is 34.1 Å². The molecule has 0 aliphatic carbocycles. The van der Waals surface area contributed by atoms with Crippen LogP contribution in [0.5, 0.6) is 0 Å². The Morgan fingerprint density at radius 1 is 1.08 bits per heavy atom. The topological polar surface area (TPSA) is 122 Å². The number of halogens is 5. The summed E-state index contributed by atoms with van der Waals surface area (Å²) in [4.78, 5) is 31.2. The molecule has 0 aliphatic rings. The lowest BCUT2D eigenvalue weighted by Crippen LogP contribution is -2.38. The van der Waals surface area contributed by atoms with Crippen LogP contribution in [0.1, 0.15) is 41.2 Å². The van der Waals surface area contributed by atoms with Gasteiger partial charge in [0.05, 0.1) is 0 Å². The molecule has 3 amide bonds. The normalized spacial score (nSPS) is 12.6. The molecule has 14 heteroatoms. The highest BCUT2D eigenvalue weighted by Gasteiger charge is 2.62. The number of nitrogens with one attached hydrogen (secondary N) is 3. The van der Waals surface area contributed by atoms with Crippen LogP contribution in [0.2, 0.25) is 0 Å². The van der Waals surface area contributed by atoms with Crippen molar-refractivity contribution in [2.45, 2.75) is 45.0 Å². The van der Waals surface area contributed by atoms with Gasteiger partial charge in [0.1, 0.15) is 21.4 Å². The first-order valence-corrected chi connectivity index (χ1v) is 11.8. The molecule has 1 atom stereocenters. The number of urea groups is 1. The molecular weight excluding hydrogens is 519 g/mol. The van der Waals surface area contributed by atoms with Gasteiger partial charge in [0.15, 0.2) is 0 Å². The fraction of sp³-hybridized carbons (Fsp3) is 0.304. The van der Waals surface area contributed by atoms with Gasteiger partial charge in [-0.25, -0.2) is 14.8 Å². The number of nitrogen functional groups attached to an aromatic ring is 1. The zero-order chi connectivity index (χ0) is 27.4. The lowest BCUT2D eigenvalue weighted by Gasteiger charge is -2.19. The second-order valence-electron chi connectivity index (χ2n) is 8.03. The van der Waals surface area contributed by atoms with E-state index >= 15 is 0 Å². The number of anilines is 2. The van der Waals surface area contributed by atoms with Crippen LogP contribution in [0.25, 0.3) is 10.6 Å². The smallest absolute Gasteiger partial charge is 0.384 e. The maximum Gasteiger partial charge on any atom is 0.459 e. The highest BCUT2D eigenvalue weighted by Crippen LogP contribution is 2.47. The third-order valence-electron chi connectivity index (χ3n) is 5.17. The fourth-order valence-electron chi connectivity index (χ4n) is 2.93. The van der Waals surface area contributed by atoms with Crippen molar-refractivity contribution in [3.8, 4) is 10.6 Å². The largest absolute Gasteiger partial charge is 0.459 e. The SMILES string of the molecule is CCC(C)NC(=O)c1sc(-c2ccc(NC(=O)NCc3ccc(N)nc3)cc2)nc1C(F)(F)C(F)(F)F. The van der Waals surface area contributed by atoms with Crippen molar-refractivity contribution in [2.24, 2.45) is 0 Å². The Kier molecular flexibility index (Phi) is 8.31. The lowest BCUT2D eigenvalue weighted by molar-refractivity contribution is -0.290. The summed E-state index contributed by atoms with van der Waals surface area (Å²) in [6.07, 6.45) is -3.99. The fourth-order valence-corrected chi connectivity index (χ4v) is 3.94. The quantitative estimate of drug-likeness (QED) is 0.288. The van der Waals surface area contributed by atoms with E-state index in [2.05, 4.69) is 25.9 Å². The molecule has 1 unspecified atom stereocenters. The Bertz CT molecular complexity index is 1250. The van der Waals surface area contributed by atoms with E-state index in [1.165, 1.54) is 30.5 Å². The molecule has 0 bridgehead atoms. The molecule has 8 nitrogen and oxygen atoms in total. The molecule has 1 aromatic carbocycles. The van der Waals surface area contributed by atoms with Gasteiger partial charge in [-0.3, -0.25) is 4.79 Å². The number of benzene rings is 1. The standard InChI is InChI=1S/C23H23F5N6O2S/c1-3-12(2)32-19(35)17-18(22(24,25)23(26,27)28)34-20(37-17)14-5-7-15(8-6-14)33-21(36)31-11-13-4-9-16(29)30-10-13/h4-10,12H,3,11H2,1-2H3,(H2,29,30)(H,32,35)(H2,31,33,36). The Hall–Kier alpha value is -3.81. The monoisotopic (exact) mass is 542 g/mol. The van der Waals surface area contributed by atoms with Crippen LogP contribution >= 0.6 is 11.3 Å². The summed E-state index contributed by atoms with van der Waals surface area (Å²) in [6, 6.07) is 7.88. The molecule has 5 N–H and O–H groups in total. The van der Waals surface area contributed by atoms with Crippen LogP contribution in [0.3, 0.4) is 0 Å². The highest BCUT2D eigenvalue weighted by molar-refractivity contribution is 7.17. The van der Waals surface area contributed by atoms with E-state index in [4.69, 9.17) is 5.73 Å². The number of nitrogens with zero attached hydrogens (tertiary/aromatic N) is 2. The zero-order valence-electron chi connectivity index (χ0n) is 19.6. The summed E-state index contributed by atoms with van der Waals surface area (Å²) in [5, 5.41) is 7.37. The Balaban J connectivity index is 1.79. The van der Waals surface area contributed by atoms with Crippen molar-refractivity contribution in [1.82, 2.24) is 20.6 Å². The molecule has 0 spiro atoms. The summed E-state index contributed by atoms with van der Waals surface area (Å²) >= 11 is 0.425. The second-order valence-corrected chi connectivity index (χ2v) is 9.03. The summed E-state index contributed by atoms with van der Waals surface area (Å²) in [6.45, 7) is 3.49. The van der Waals surface area contributed by atoms with Gasteiger partial charge < -0.3 is 21.7 Å². The van der Waals surface area contributed by atoms with Crippen molar-refractivity contribution in [1.29, 1.82) is 0 Å². The maximum absolute atomic E-state index is 14.2. The van der Waals surface area contributed by atoms with Gasteiger partial charge in [0.25, 0.3) is 5.91 Å². The molecule has 2 heterocycles. The van der Waals surface area contributed by atoms with E-state index < -0.39 is 40.7 Å². The van der Waals surface area contributed by atoms with Crippen molar-refractivity contribution >= 4 is 34.8 Å². The van der Waals surface area contributed by atoms with E-state index in [1.807, 2.05) is 0 Å². The number of alkyl halides is 5. The average Bonchev–Trinajstić information content (AvgIpc) is 3.30. The number of pyridine rings is 1. The number of rotatable bonds is 8. The highest BCUT2D eigenvalue weighted by atomic mass is 32.1. The van der Waals surface area contributed by atoms with Gasteiger partial charge in [0.2, 0.25) is 0 Å². The number of hydrogen-bond donors (Lipinski definition) is 4. The lowest BCUT2D eigenvalue weighted by atomic mass is 10.1. The van der Waals surface area contributed by atoms with Gasteiger partial charge in [-0.05, 0) is 49.2 Å². The van der Waals surface area contributed by atoms with Gasteiger partial charge >= 0.3 is 18.1 Å². The Morgan fingerprint density at radius 2 is 1.76 bits per heavy atom. The predicted octanol–water partition coefficient (Wildman–Crippen LogP) is 5.29. The minimum Gasteiger partial charge on any atom is -0.384 e. The van der Waals surface area contributed by atoms with E-state index in [9.17, 15) is 31.5 Å². The van der Waals surface area contributed by atoms with E-state index in [0.29, 0.717) is 34.8 Å². The number of amides is 3. The van der Waals surface area contributed by atoms with Crippen molar-refractivity contribution in [3.05, 3.63) is 58.7 Å². The molecule has 0 saturated heterocycles. The number of hydrogen-bond acceptors (Lipinski definition) is 6. The summed E-state index contributed by atoms with van der Waals surface area (Å²) in [7, 11) is 0. The van der Waals surface area contributed by atoms with Crippen LogP contribution in [0.4, 0.5) is 38.3 Å². The molecule has 0 saturated carbocycles. The van der Waals surface area contributed by atoms with Crippen LogP contribution in [0, 0.1) is 0 Å². The van der Waals surface area contributed by atoms with E-state index in [-0.39, 0.29) is 17.1 Å². The van der Waals surface area contributed by atoms with E-state index in [1.54, 1.807) is 26.0 Å². The molecule has 2 aromatic heterocycles. The molecule has 3 aromatic rings. The first kappa shape index (κ1) is 27.8. The van der Waals surface area contributed by atoms with Gasteiger partial charge in [-0.1, -0.05) is 13.0 Å². The summed E-state index contributed by atoms with van der Waals surface area (Å²) < 4.78 is 67.7. The van der Waals surface area contributed by atoms with Crippen LogP contribution < -0.4 is 21.7 Å². The van der Waals surface area contributed by atoms with Gasteiger partial charge in [-0.2, -0.15) is 22.0 Å². The first-order valence-electron chi connectivity index (χ1n) is 10.9. The van der Waals surface area contributed by atoms with E-state index in [0.717, 1.165) is 0 Å². The molecule has 0 fully saturated rings. The third-order valence-corrected chi connectivity index (χ3v) is 6.27. The predicted molar refractivity (Wildman–Crippen MR) is 129 cm³/mol.